The van der Waals surface area contributed by atoms with E-state index in [1.807, 2.05) is 37.3 Å². The molecule has 92 valence electrons. The molecule has 0 amide bonds. The molecule has 0 bridgehead atoms. The Kier molecular flexibility index (Phi) is 3.93. The zero-order valence-electron chi connectivity index (χ0n) is 10.9. The summed E-state index contributed by atoms with van der Waals surface area (Å²) in [5.41, 5.74) is 4.39. The molecule has 0 aliphatic carbocycles. The lowest BCUT2D eigenvalue weighted by Gasteiger charge is -2.05. The van der Waals surface area contributed by atoms with Crippen molar-refractivity contribution in [1.82, 2.24) is 0 Å². The zero-order valence-corrected chi connectivity index (χ0v) is 10.9. The summed E-state index contributed by atoms with van der Waals surface area (Å²) in [6.07, 6.45) is 1.39. The van der Waals surface area contributed by atoms with Gasteiger partial charge in [0.1, 0.15) is 0 Å². The molecule has 0 saturated carbocycles. The van der Waals surface area contributed by atoms with Crippen LogP contribution in [0.2, 0.25) is 0 Å². The fraction of sp³-hybridized carbons (Fsp3) is 0.235. The predicted molar refractivity (Wildman–Crippen MR) is 75.0 cm³/mol. The average molecular weight is 238 g/mol. The Morgan fingerprint density at radius 3 is 2.50 bits per heavy atom. The van der Waals surface area contributed by atoms with Gasteiger partial charge in [-0.25, -0.2) is 0 Å². The molecule has 0 saturated heterocycles. The van der Waals surface area contributed by atoms with Crippen LogP contribution in [0.1, 0.15) is 33.5 Å². The van der Waals surface area contributed by atoms with E-state index in [9.17, 15) is 4.79 Å². The molecule has 0 spiro atoms. The second-order valence-corrected chi connectivity index (χ2v) is 4.73. The molecule has 1 nitrogen and oxygen atoms in total. The number of aryl methyl sites for hydroxylation is 3. The van der Waals surface area contributed by atoms with E-state index in [2.05, 4.69) is 25.1 Å². The minimum atomic E-state index is 0.231. The van der Waals surface area contributed by atoms with Crippen LogP contribution in [0.4, 0.5) is 0 Å². The lowest BCUT2D eigenvalue weighted by molar-refractivity contribution is 0.0982. The summed E-state index contributed by atoms with van der Waals surface area (Å²) in [4.78, 5) is 12.1. The van der Waals surface area contributed by atoms with Gasteiger partial charge in [0.2, 0.25) is 0 Å². The van der Waals surface area contributed by atoms with Gasteiger partial charge in [0.15, 0.2) is 5.78 Å². The number of ketones is 1. The standard InChI is InChI=1S/C17H18O/c1-13-6-5-8-15(12-13)10-11-17(18)16-9-4-3-7-14(16)2/h3-9,12H,10-11H2,1-2H3. The second-order valence-electron chi connectivity index (χ2n) is 4.73. The van der Waals surface area contributed by atoms with Crippen molar-refractivity contribution < 1.29 is 4.79 Å². The molecule has 0 aliphatic rings. The summed E-state index contributed by atoms with van der Waals surface area (Å²) in [5.74, 6) is 0.231. The van der Waals surface area contributed by atoms with Gasteiger partial charge in [0.05, 0.1) is 0 Å². The average Bonchev–Trinajstić information content (AvgIpc) is 2.37. The third-order valence-corrected chi connectivity index (χ3v) is 3.17. The summed E-state index contributed by atoms with van der Waals surface area (Å²) < 4.78 is 0. The van der Waals surface area contributed by atoms with E-state index >= 15 is 0 Å². The minimum absolute atomic E-state index is 0.231. The SMILES string of the molecule is Cc1cccc(CCC(=O)c2ccccc2C)c1. The molecule has 0 N–H and O–H groups in total. The maximum atomic E-state index is 12.1. The maximum absolute atomic E-state index is 12.1. The number of hydrogen-bond donors (Lipinski definition) is 0. The van der Waals surface area contributed by atoms with Crippen molar-refractivity contribution in [1.29, 1.82) is 0 Å². The second kappa shape index (κ2) is 5.63. The number of rotatable bonds is 4. The van der Waals surface area contributed by atoms with E-state index in [4.69, 9.17) is 0 Å². The van der Waals surface area contributed by atoms with Crippen LogP contribution in [0.3, 0.4) is 0 Å². The van der Waals surface area contributed by atoms with Gasteiger partial charge in [-0.2, -0.15) is 0 Å². The van der Waals surface area contributed by atoms with Crippen molar-refractivity contribution in [2.24, 2.45) is 0 Å². The minimum Gasteiger partial charge on any atom is -0.294 e. The van der Waals surface area contributed by atoms with Crippen molar-refractivity contribution in [3.63, 3.8) is 0 Å². The van der Waals surface area contributed by atoms with Crippen LogP contribution in [0, 0.1) is 13.8 Å². The maximum Gasteiger partial charge on any atom is 0.163 e. The Hall–Kier alpha value is -1.89. The Morgan fingerprint density at radius 1 is 1.00 bits per heavy atom. The van der Waals surface area contributed by atoms with Crippen molar-refractivity contribution >= 4 is 5.78 Å². The van der Waals surface area contributed by atoms with Crippen LogP contribution in [0.15, 0.2) is 48.5 Å². The van der Waals surface area contributed by atoms with Crippen LogP contribution in [0.25, 0.3) is 0 Å². The molecule has 0 aliphatic heterocycles. The van der Waals surface area contributed by atoms with Crippen molar-refractivity contribution in [3.8, 4) is 0 Å². The van der Waals surface area contributed by atoms with E-state index in [0.717, 1.165) is 17.5 Å². The normalized spacial score (nSPS) is 10.3. The molecule has 0 heterocycles. The fourth-order valence-corrected chi connectivity index (χ4v) is 2.15. The van der Waals surface area contributed by atoms with Gasteiger partial charge < -0.3 is 0 Å². The predicted octanol–water partition coefficient (Wildman–Crippen LogP) is 4.12. The van der Waals surface area contributed by atoms with Gasteiger partial charge in [-0.1, -0.05) is 54.1 Å². The van der Waals surface area contributed by atoms with E-state index < -0.39 is 0 Å². The molecule has 18 heavy (non-hydrogen) atoms. The zero-order chi connectivity index (χ0) is 13.0. The van der Waals surface area contributed by atoms with Gasteiger partial charge >= 0.3 is 0 Å². The molecule has 2 rings (SSSR count). The van der Waals surface area contributed by atoms with Gasteiger partial charge in [-0.05, 0) is 31.4 Å². The Morgan fingerprint density at radius 2 is 1.78 bits per heavy atom. The first-order valence-electron chi connectivity index (χ1n) is 6.31. The largest absolute Gasteiger partial charge is 0.294 e. The van der Waals surface area contributed by atoms with Gasteiger partial charge in [0.25, 0.3) is 0 Å². The summed E-state index contributed by atoms with van der Waals surface area (Å²) in [5, 5.41) is 0. The highest BCUT2D eigenvalue weighted by molar-refractivity contribution is 5.97. The summed E-state index contributed by atoms with van der Waals surface area (Å²) >= 11 is 0. The van der Waals surface area contributed by atoms with E-state index in [1.54, 1.807) is 0 Å². The lowest BCUT2D eigenvalue weighted by Crippen LogP contribution is -2.03. The third kappa shape index (κ3) is 3.07. The molecule has 2 aromatic rings. The highest BCUT2D eigenvalue weighted by Gasteiger charge is 2.08. The fourth-order valence-electron chi connectivity index (χ4n) is 2.15. The highest BCUT2D eigenvalue weighted by Crippen LogP contribution is 2.13. The topological polar surface area (TPSA) is 17.1 Å². The molecule has 0 atom stereocenters. The quantitative estimate of drug-likeness (QED) is 0.732. The summed E-state index contributed by atoms with van der Waals surface area (Å²) in [6.45, 7) is 4.06. The number of Topliss-reactive ketones (excluding diaryl/α,β-unsaturated/α-hetero) is 1. The van der Waals surface area contributed by atoms with Crippen molar-refractivity contribution in [2.45, 2.75) is 26.7 Å². The van der Waals surface area contributed by atoms with Crippen molar-refractivity contribution in [3.05, 3.63) is 70.8 Å². The number of carbonyl (C=O) groups is 1. The van der Waals surface area contributed by atoms with Gasteiger partial charge in [-0.15, -0.1) is 0 Å². The van der Waals surface area contributed by atoms with Gasteiger partial charge in [-0.3, -0.25) is 4.79 Å². The Bertz CT molecular complexity index is 555. The first-order chi connectivity index (χ1) is 8.66. The van der Waals surface area contributed by atoms with Crippen molar-refractivity contribution in [2.75, 3.05) is 0 Å². The van der Waals surface area contributed by atoms with E-state index in [0.29, 0.717) is 6.42 Å². The van der Waals surface area contributed by atoms with Gasteiger partial charge in [0, 0.05) is 12.0 Å². The number of benzene rings is 2. The molecule has 0 unspecified atom stereocenters. The van der Waals surface area contributed by atoms with Crippen LogP contribution in [0.5, 0.6) is 0 Å². The molecule has 0 fully saturated rings. The Labute approximate surface area is 108 Å². The van der Waals surface area contributed by atoms with Crippen LogP contribution >= 0.6 is 0 Å². The van der Waals surface area contributed by atoms with Crippen LogP contribution < -0.4 is 0 Å². The van der Waals surface area contributed by atoms with E-state index in [-0.39, 0.29) is 5.78 Å². The lowest BCUT2D eigenvalue weighted by atomic mass is 9.99. The third-order valence-electron chi connectivity index (χ3n) is 3.17. The Balaban J connectivity index is 2.03. The monoisotopic (exact) mass is 238 g/mol. The molecule has 0 radical (unpaired) electrons. The molecular formula is C17H18O. The smallest absolute Gasteiger partial charge is 0.163 e. The number of carbonyl (C=O) groups excluding carboxylic acids is 1. The van der Waals surface area contributed by atoms with E-state index in [1.165, 1.54) is 11.1 Å². The first-order valence-corrected chi connectivity index (χ1v) is 6.31. The summed E-state index contributed by atoms with van der Waals surface area (Å²) in [6, 6.07) is 16.1. The molecule has 2 aromatic carbocycles. The van der Waals surface area contributed by atoms with Crippen LogP contribution in [-0.4, -0.2) is 5.78 Å². The summed E-state index contributed by atoms with van der Waals surface area (Å²) in [7, 11) is 0. The molecule has 1 heteroatoms. The number of hydrogen-bond acceptors (Lipinski definition) is 1. The first kappa shape index (κ1) is 12.6. The van der Waals surface area contributed by atoms with Crippen LogP contribution in [-0.2, 0) is 6.42 Å². The molecule has 0 aromatic heterocycles. The molecular weight excluding hydrogens is 220 g/mol. The highest BCUT2D eigenvalue weighted by atomic mass is 16.1.